The average Bonchev–Trinajstić information content (AvgIpc) is 2.45. The van der Waals surface area contributed by atoms with Crippen molar-refractivity contribution in [1.82, 2.24) is 5.32 Å². The van der Waals surface area contributed by atoms with Gasteiger partial charge in [0, 0.05) is 12.6 Å². The fraction of sp³-hybridized carbons (Fsp3) is 0.429. The Kier molecular flexibility index (Phi) is 4.47. The Labute approximate surface area is 108 Å². The van der Waals surface area contributed by atoms with Crippen LogP contribution >= 0.6 is 0 Å². The normalized spacial score (nSPS) is 14.9. The molecule has 0 unspecified atom stereocenters. The second kappa shape index (κ2) is 6.31. The fourth-order valence-corrected chi connectivity index (χ4v) is 1.89. The van der Waals surface area contributed by atoms with E-state index in [1.807, 2.05) is 18.2 Å². The van der Waals surface area contributed by atoms with Crippen molar-refractivity contribution in [2.45, 2.75) is 6.42 Å². The summed E-state index contributed by atoms with van der Waals surface area (Å²) >= 11 is 0. The standard InChI is InChI=1S/C14H19NO3/c1-16-13-6-5-12(8-14(13)17-2)18-10-11-4-3-7-15-9-11/h4-6,8,15H,3,7,9-10H2,1-2H3. The van der Waals surface area contributed by atoms with Gasteiger partial charge in [0.15, 0.2) is 11.5 Å². The molecule has 0 atom stereocenters. The number of hydrogen-bond acceptors (Lipinski definition) is 4. The highest BCUT2D eigenvalue weighted by Gasteiger charge is 2.07. The van der Waals surface area contributed by atoms with Crippen LogP contribution in [-0.2, 0) is 0 Å². The predicted octanol–water partition coefficient (Wildman–Crippen LogP) is 2.00. The molecule has 0 radical (unpaired) electrons. The molecule has 1 aliphatic rings. The third-order valence-electron chi connectivity index (χ3n) is 2.89. The third kappa shape index (κ3) is 3.17. The molecule has 0 spiro atoms. The van der Waals surface area contributed by atoms with Crippen LogP contribution in [0.4, 0.5) is 0 Å². The Morgan fingerprint density at radius 1 is 1.17 bits per heavy atom. The largest absolute Gasteiger partial charge is 0.493 e. The van der Waals surface area contributed by atoms with Crippen LogP contribution in [0.25, 0.3) is 0 Å². The molecule has 0 aliphatic carbocycles. The molecule has 1 heterocycles. The first-order chi connectivity index (χ1) is 8.83. The summed E-state index contributed by atoms with van der Waals surface area (Å²) in [5, 5.41) is 3.32. The smallest absolute Gasteiger partial charge is 0.164 e. The van der Waals surface area contributed by atoms with Crippen molar-refractivity contribution in [3.8, 4) is 17.2 Å². The lowest BCUT2D eigenvalue weighted by Gasteiger charge is -2.15. The van der Waals surface area contributed by atoms with Crippen molar-refractivity contribution in [2.75, 3.05) is 33.9 Å². The molecule has 0 saturated heterocycles. The Morgan fingerprint density at radius 3 is 2.67 bits per heavy atom. The van der Waals surface area contributed by atoms with E-state index in [9.17, 15) is 0 Å². The molecule has 4 heteroatoms. The lowest BCUT2D eigenvalue weighted by molar-refractivity contribution is 0.331. The number of nitrogens with one attached hydrogen (secondary N) is 1. The number of rotatable bonds is 5. The van der Waals surface area contributed by atoms with Gasteiger partial charge in [-0.25, -0.2) is 0 Å². The summed E-state index contributed by atoms with van der Waals surface area (Å²) in [4.78, 5) is 0. The summed E-state index contributed by atoms with van der Waals surface area (Å²) in [6.07, 6.45) is 3.31. The highest BCUT2D eigenvalue weighted by molar-refractivity contribution is 5.45. The molecule has 2 rings (SSSR count). The van der Waals surface area contributed by atoms with Gasteiger partial charge in [0.2, 0.25) is 0 Å². The molecule has 1 aliphatic heterocycles. The van der Waals surface area contributed by atoms with E-state index in [0.29, 0.717) is 18.1 Å². The van der Waals surface area contributed by atoms with Gasteiger partial charge in [-0.1, -0.05) is 6.08 Å². The predicted molar refractivity (Wildman–Crippen MR) is 70.6 cm³/mol. The molecule has 98 valence electrons. The van der Waals surface area contributed by atoms with E-state index in [-0.39, 0.29) is 0 Å². The zero-order chi connectivity index (χ0) is 12.8. The lowest BCUT2D eigenvalue weighted by atomic mass is 10.2. The van der Waals surface area contributed by atoms with Crippen LogP contribution in [0.1, 0.15) is 6.42 Å². The first-order valence-electron chi connectivity index (χ1n) is 6.07. The summed E-state index contributed by atoms with van der Waals surface area (Å²) < 4.78 is 16.2. The van der Waals surface area contributed by atoms with E-state index < -0.39 is 0 Å². The minimum Gasteiger partial charge on any atom is -0.493 e. The highest BCUT2D eigenvalue weighted by atomic mass is 16.5. The molecule has 0 bridgehead atoms. The fourth-order valence-electron chi connectivity index (χ4n) is 1.89. The summed E-state index contributed by atoms with van der Waals surface area (Å²) in [5.41, 5.74) is 1.29. The topological polar surface area (TPSA) is 39.7 Å². The maximum Gasteiger partial charge on any atom is 0.164 e. The van der Waals surface area contributed by atoms with E-state index >= 15 is 0 Å². The van der Waals surface area contributed by atoms with Crippen LogP contribution in [0.3, 0.4) is 0 Å². The summed E-state index contributed by atoms with van der Waals surface area (Å²) in [7, 11) is 3.24. The van der Waals surface area contributed by atoms with E-state index in [4.69, 9.17) is 14.2 Å². The minimum absolute atomic E-state index is 0.614. The summed E-state index contributed by atoms with van der Waals surface area (Å²) in [6.45, 7) is 2.58. The highest BCUT2D eigenvalue weighted by Crippen LogP contribution is 2.30. The maximum atomic E-state index is 5.74. The third-order valence-corrected chi connectivity index (χ3v) is 2.89. The van der Waals surface area contributed by atoms with Crippen molar-refractivity contribution in [1.29, 1.82) is 0 Å². The van der Waals surface area contributed by atoms with Crippen molar-refractivity contribution < 1.29 is 14.2 Å². The van der Waals surface area contributed by atoms with Gasteiger partial charge in [0.05, 0.1) is 14.2 Å². The quantitative estimate of drug-likeness (QED) is 0.810. The molecular formula is C14H19NO3. The molecule has 0 aromatic heterocycles. The monoisotopic (exact) mass is 249 g/mol. The Hall–Kier alpha value is -1.68. The van der Waals surface area contributed by atoms with Crippen LogP contribution in [0, 0.1) is 0 Å². The van der Waals surface area contributed by atoms with Crippen LogP contribution in [0.5, 0.6) is 17.2 Å². The molecule has 0 fully saturated rings. The Bertz CT molecular complexity index is 429. The van der Waals surface area contributed by atoms with Gasteiger partial charge in [0.1, 0.15) is 12.4 Å². The Balaban J connectivity index is 1.98. The SMILES string of the molecule is COc1ccc(OCC2=CCCNC2)cc1OC. The van der Waals surface area contributed by atoms with Gasteiger partial charge >= 0.3 is 0 Å². The molecule has 4 nitrogen and oxygen atoms in total. The molecule has 0 saturated carbocycles. The van der Waals surface area contributed by atoms with Crippen molar-refractivity contribution in [2.24, 2.45) is 0 Å². The van der Waals surface area contributed by atoms with Gasteiger partial charge < -0.3 is 19.5 Å². The van der Waals surface area contributed by atoms with Gasteiger partial charge in [-0.05, 0) is 30.7 Å². The van der Waals surface area contributed by atoms with Gasteiger partial charge in [0.25, 0.3) is 0 Å². The zero-order valence-corrected chi connectivity index (χ0v) is 10.9. The van der Waals surface area contributed by atoms with Crippen LogP contribution in [-0.4, -0.2) is 33.9 Å². The molecule has 0 amide bonds. The van der Waals surface area contributed by atoms with E-state index in [1.54, 1.807) is 14.2 Å². The number of methoxy groups -OCH3 is 2. The summed E-state index contributed by atoms with van der Waals surface area (Å²) in [5.74, 6) is 2.19. The van der Waals surface area contributed by atoms with E-state index in [2.05, 4.69) is 11.4 Å². The average molecular weight is 249 g/mol. The molecule has 18 heavy (non-hydrogen) atoms. The van der Waals surface area contributed by atoms with Crippen LogP contribution in [0.2, 0.25) is 0 Å². The Morgan fingerprint density at radius 2 is 2.00 bits per heavy atom. The zero-order valence-electron chi connectivity index (χ0n) is 10.9. The number of benzene rings is 1. The van der Waals surface area contributed by atoms with Crippen molar-refractivity contribution in [3.05, 3.63) is 29.8 Å². The van der Waals surface area contributed by atoms with Gasteiger partial charge in [-0.2, -0.15) is 0 Å². The second-order valence-corrected chi connectivity index (χ2v) is 4.13. The molecular weight excluding hydrogens is 230 g/mol. The van der Waals surface area contributed by atoms with Crippen molar-refractivity contribution >= 4 is 0 Å². The minimum atomic E-state index is 0.614. The number of hydrogen-bond donors (Lipinski definition) is 1. The number of ether oxygens (including phenoxy) is 3. The molecule has 1 N–H and O–H groups in total. The van der Waals surface area contributed by atoms with E-state index in [0.717, 1.165) is 25.3 Å². The summed E-state index contributed by atoms with van der Waals surface area (Å²) in [6, 6.07) is 5.58. The maximum absolute atomic E-state index is 5.74. The molecule has 1 aromatic rings. The molecule has 1 aromatic carbocycles. The van der Waals surface area contributed by atoms with Gasteiger partial charge in [-0.3, -0.25) is 0 Å². The van der Waals surface area contributed by atoms with Crippen molar-refractivity contribution in [3.63, 3.8) is 0 Å². The van der Waals surface area contributed by atoms with Crippen LogP contribution in [0.15, 0.2) is 29.8 Å². The van der Waals surface area contributed by atoms with Crippen LogP contribution < -0.4 is 19.5 Å². The lowest BCUT2D eigenvalue weighted by Crippen LogP contribution is -2.24. The first kappa shape index (κ1) is 12.8. The van der Waals surface area contributed by atoms with Gasteiger partial charge in [-0.15, -0.1) is 0 Å². The first-order valence-corrected chi connectivity index (χ1v) is 6.07. The second-order valence-electron chi connectivity index (χ2n) is 4.13. The van der Waals surface area contributed by atoms with E-state index in [1.165, 1.54) is 5.57 Å².